The van der Waals surface area contributed by atoms with Crippen molar-refractivity contribution in [2.75, 3.05) is 13.2 Å². The molecule has 0 aromatic carbocycles. The molecule has 1 spiro atoms. The fourth-order valence-corrected chi connectivity index (χ4v) is 2.13. The van der Waals surface area contributed by atoms with E-state index >= 15 is 0 Å². The quantitative estimate of drug-likeness (QED) is 0.409. The molecule has 0 amide bonds. The standard InChI is InChI=1S/C8H13N2O5P/c1-5-7(11)8(4-10-8)6(2-9-5)3-15-16(12,13)14/h2,6,10-11H,3-4H2,1H3,(H2,12,13,14)/t6?,8-/m0/s1. The highest BCUT2D eigenvalue weighted by Crippen LogP contribution is 2.42. The lowest BCUT2D eigenvalue weighted by Crippen LogP contribution is -2.37. The van der Waals surface area contributed by atoms with Crippen molar-refractivity contribution in [2.24, 2.45) is 10.9 Å². The van der Waals surface area contributed by atoms with Crippen LogP contribution in [-0.4, -0.2) is 39.8 Å². The normalized spacial score (nSPS) is 33.6. The molecule has 7 nitrogen and oxygen atoms in total. The van der Waals surface area contributed by atoms with Gasteiger partial charge >= 0.3 is 7.82 Å². The summed E-state index contributed by atoms with van der Waals surface area (Å²) in [6.07, 6.45) is 1.55. The van der Waals surface area contributed by atoms with Crippen molar-refractivity contribution >= 4 is 14.0 Å². The Morgan fingerprint density at radius 2 is 2.38 bits per heavy atom. The maximum atomic E-state index is 10.6. The minimum Gasteiger partial charge on any atom is -0.508 e. The lowest BCUT2D eigenvalue weighted by Gasteiger charge is -2.25. The van der Waals surface area contributed by atoms with Crippen LogP contribution < -0.4 is 5.32 Å². The van der Waals surface area contributed by atoms with Crippen molar-refractivity contribution in [3.8, 4) is 0 Å². The molecule has 2 aliphatic rings. The number of aliphatic hydroxyl groups excluding tert-OH is 1. The minimum absolute atomic E-state index is 0.120. The van der Waals surface area contributed by atoms with Gasteiger partial charge in [0.15, 0.2) is 0 Å². The Balaban J connectivity index is 2.09. The van der Waals surface area contributed by atoms with Crippen LogP contribution >= 0.6 is 7.82 Å². The van der Waals surface area contributed by atoms with Gasteiger partial charge in [0.2, 0.25) is 0 Å². The Labute approximate surface area is 92.1 Å². The number of allylic oxidation sites excluding steroid dienone is 1. The minimum atomic E-state index is -4.48. The van der Waals surface area contributed by atoms with Crippen LogP contribution in [0.15, 0.2) is 16.4 Å². The lowest BCUT2D eigenvalue weighted by molar-refractivity contribution is 0.168. The third-order valence-electron chi connectivity index (χ3n) is 2.83. The molecule has 2 rings (SSSR count). The van der Waals surface area contributed by atoms with Crippen LogP contribution in [0.5, 0.6) is 0 Å². The first-order valence-electron chi connectivity index (χ1n) is 4.75. The largest absolute Gasteiger partial charge is 0.508 e. The smallest absolute Gasteiger partial charge is 0.469 e. The summed E-state index contributed by atoms with van der Waals surface area (Å²) in [6, 6.07) is 0. The summed E-state index contributed by atoms with van der Waals surface area (Å²) in [5.41, 5.74) is -0.126. The van der Waals surface area contributed by atoms with Gasteiger partial charge in [0.1, 0.15) is 11.3 Å². The van der Waals surface area contributed by atoms with Crippen molar-refractivity contribution in [3.05, 3.63) is 11.5 Å². The number of nitrogens with zero attached hydrogens (tertiary/aromatic N) is 1. The molecule has 0 aromatic rings. The molecule has 0 radical (unpaired) electrons. The Hall–Kier alpha value is -0.720. The third kappa shape index (κ3) is 2.05. The monoisotopic (exact) mass is 248 g/mol. The van der Waals surface area contributed by atoms with Gasteiger partial charge in [-0.15, -0.1) is 0 Å². The van der Waals surface area contributed by atoms with E-state index in [1.165, 1.54) is 0 Å². The van der Waals surface area contributed by atoms with E-state index in [2.05, 4.69) is 14.8 Å². The van der Waals surface area contributed by atoms with Gasteiger partial charge in [-0.3, -0.25) is 9.52 Å². The zero-order valence-electron chi connectivity index (χ0n) is 8.62. The van der Waals surface area contributed by atoms with Crippen molar-refractivity contribution < 1.29 is 24.0 Å². The highest BCUT2D eigenvalue weighted by Gasteiger charge is 2.54. The van der Waals surface area contributed by atoms with Crippen LogP contribution in [0.1, 0.15) is 6.92 Å². The van der Waals surface area contributed by atoms with Crippen molar-refractivity contribution in [1.29, 1.82) is 0 Å². The van der Waals surface area contributed by atoms with Crippen LogP contribution in [0.4, 0.5) is 0 Å². The molecule has 2 aliphatic heterocycles. The molecule has 0 aliphatic carbocycles. The summed E-state index contributed by atoms with van der Waals surface area (Å²) in [6.45, 7) is 2.04. The van der Waals surface area contributed by atoms with E-state index in [4.69, 9.17) is 9.79 Å². The molecule has 1 unspecified atom stereocenters. The van der Waals surface area contributed by atoms with Gasteiger partial charge in [0.25, 0.3) is 0 Å². The molecule has 0 aromatic heterocycles. The predicted molar refractivity (Wildman–Crippen MR) is 56.0 cm³/mol. The molecule has 8 heteroatoms. The van der Waals surface area contributed by atoms with Crippen molar-refractivity contribution in [1.82, 2.24) is 5.32 Å². The second kappa shape index (κ2) is 3.65. The summed E-state index contributed by atoms with van der Waals surface area (Å²) in [7, 11) is -4.48. The van der Waals surface area contributed by atoms with Crippen LogP contribution in [0.25, 0.3) is 0 Å². The van der Waals surface area contributed by atoms with Crippen LogP contribution in [0, 0.1) is 5.92 Å². The number of aliphatic hydroxyl groups is 1. The van der Waals surface area contributed by atoms with Gasteiger partial charge in [0, 0.05) is 18.7 Å². The fourth-order valence-electron chi connectivity index (χ4n) is 1.78. The molecule has 2 heterocycles. The van der Waals surface area contributed by atoms with Gasteiger partial charge in [-0.2, -0.15) is 0 Å². The average molecular weight is 248 g/mol. The maximum absolute atomic E-state index is 10.6. The second-order valence-electron chi connectivity index (χ2n) is 3.93. The maximum Gasteiger partial charge on any atom is 0.469 e. The predicted octanol–water partition coefficient (Wildman–Crippen LogP) is -0.0722. The van der Waals surface area contributed by atoms with Gasteiger partial charge in [-0.25, -0.2) is 4.57 Å². The molecule has 2 atom stereocenters. The Morgan fingerprint density at radius 3 is 2.88 bits per heavy atom. The number of phosphoric ester groups is 1. The van der Waals surface area contributed by atoms with Gasteiger partial charge in [-0.1, -0.05) is 0 Å². The number of phosphoric acid groups is 1. The summed E-state index contributed by atoms with van der Waals surface area (Å²) in [5.74, 6) is -0.252. The highest BCUT2D eigenvalue weighted by atomic mass is 31.2. The molecule has 1 fully saturated rings. The second-order valence-corrected chi connectivity index (χ2v) is 5.17. The number of hydrogen-bond acceptors (Lipinski definition) is 5. The lowest BCUT2D eigenvalue weighted by atomic mass is 9.89. The van der Waals surface area contributed by atoms with E-state index in [9.17, 15) is 9.67 Å². The summed E-state index contributed by atoms with van der Waals surface area (Å²) >= 11 is 0. The van der Waals surface area contributed by atoms with Crippen LogP contribution in [0.3, 0.4) is 0 Å². The molecule has 16 heavy (non-hydrogen) atoms. The number of nitrogens with one attached hydrogen (secondary N) is 1. The number of rotatable bonds is 3. The zero-order valence-corrected chi connectivity index (χ0v) is 9.52. The van der Waals surface area contributed by atoms with Crippen molar-refractivity contribution in [2.45, 2.75) is 12.5 Å². The Bertz CT molecular complexity index is 409. The summed E-state index contributed by atoms with van der Waals surface area (Å²) in [5, 5.41) is 12.8. The van der Waals surface area contributed by atoms with Gasteiger partial charge in [-0.05, 0) is 6.92 Å². The highest BCUT2D eigenvalue weighted by molar-refractivity contribution is 7.46. The number of hydrogen-bond donors (Lipinski definition) is 4. The van der Waals surface area contributed by atoms with E-state index in [0.29, 0.717) is 12.2 Å². The number of aliphatic imine (C=N–C) groups is 1. The van der Waals surface area contributed by atoms with E-state index in [-0.39, 0.29) is 18.3 Å². The first-order chi connectivity index (χ1) is 7.35. The summed E-state index contributed by atoms with van der Waals surface area (Å²) < 4.78 is 15.0. The van der Waals surface area contributed by atoms with E-state index in [1.54, 1.807) is 13.1 Å². The SMILES string of the molecule is CC1=C(O)[C@]2(CN2)C(COP(=O)(O)O)C=N1. The average Bonchev–Trinajstić information content (AvgIpc) is 2.94. The zero-order chi connectivity index (χ0) is 12.0. The molecule has 1 saturated heterocycles. The Kier molecular flexibility index (Phi) is 2.68. The van der Waals surface area contributed by atoms with Crippen molar-refractivity contribution in [3.63, 3.8) is 0 Å². The van der Waals surface area contributed by atoms with Gasteiger partial charge < -0.3 is 20.2 Å². The van der Waals surface area contributed by atoms with Crippen LogP contribution in [0.2, 0.25) is 0 Å². The van der Waals surface area contributed by atoms with Gasteiger partial charge in [0.05, 0.1) is 12.3 Å². The topological polar surface area (TPSA) is 121 Å². The van der Waals surface area contributed by atoms with E-state index in [1.807, 2.05) is 0 Å². The Morgan fingerprint density at radius 1 is 1.75 bits per heavy atom. The molecule has 0 bridgehead atoms. The fraction of sp³-hybridized carbons (Fsp3) is 0.625. The third-order valence-corrected chi connectivity index (χ3v) is 3.31. The molecular weight excluding hydrogens is 235 g/mol. The van der Waals surface area contributed by atoms with E-state index in [0.717, 1.165) is 0 Å². The first kappa shape index (κ1) is 11.8. The first-order valence-corrected chi connectivity index (χ1v) is 6.28. The van der Waals surface area contributed by atoms with E-state index < -0.39 is 13.4 Å². The molecule has 0 saturated carbocycles. The molecule has 4 N–H and O–H groups in total. The molecular formula is C8H13N2O5P. The summed E-state index contributed by atoms with van der Waals surface area (Å²) in [4.78, 5) is 21.2. The molecule has 90 valence electrons. The van der Waals surface area contributed by atoms with Crippen LogP contribution in [-0.2, 0) is 9.09 Å².